The second kappa shape index (κ2) is 6.19. The summed E-state index contributed by atoms with van der Waals surface area (Å²) in [5, 5.41) is 23.5. The van der Waals surface area contributed by atoms with Gasteiger partial charge in [-0.25, -0.2) is 9.97 Å². The molecule has 1 aliphatic heterocycles. The summed E-state index contributed by atoms with van der Waals surface area (Å²) in [4.78, 5) is 10.9. The van der Waals surface area contributed by atoms with Crippen LogP contribution in [0, 0.1) is 0 Å². The van der Waals surface area contributed by atoms with Crippen LogP contribution in [0.5, 0.6) is 0 Å². The Labute approximate surface area is 140 Å². The highest BCUT2D eigenvalue weighted by Crippen LogP contribution is 2.36. The van der Waals surface area contributed by atoms with E-state index in [4.69, 9.17) is 34.0 Å². The number of ether oxygens (including phenoxy) is 1. The van der Waals surface area contributed by atoms with E-state index in [0.717, 1.165) is 0 Å². The van der Waals surface area contributed by atoms with Gasteiger partial charge in [0.25, 0.3) is 0 Å². The number of aromatic nitrogens is 3. The van der Waals surface area contributed by atoms with Crippen molar-refractivity contribution in [1.82, 2.24) is 14.5 Å². The first-order chi connectivity index (χ1) is 11.5. The maximum absolute atomic E-state index is 10.2. The number of anilines is 1. The Balaban J connectivity index is 2.20. The van der Waals surface area contributed by atoms with Gasteiger partial charge in [0.1, 0.15) is 41.2 Å². The Morgan fingerprint density at radius 3 is 2.92 bits per heavy atom. The molecule has 6 N–H and O–H groups in total. The first-order valence-corrected chi connectivity index (χ1v) is 7.29. The lowest BCUT2D eigenvalue weighted by molar-refractivity contribution is -0.0435. The summed E-state index contributed by atoms with van der Waals surface area (Å²) >= 11 is 5.03. The van der Waals surface area contributed by atoms with E-state index < -0.39 is 31.1 Å². The molecule has 12 heteroatoms. The zero-order valence-corrected chi connectivity index (χ0v) is 13.0. The normalized spacial score (nSPS) is 26.4. The molecule has 0 saturated carbocycles. The predicted molar refractivity (Wildman–Crippen MR) is 87.8 cm³/mol. The van der Waals surface area contributed by atoms with Gasteiger partial charge in [-0.2, -0.15) is 0 Å². The van der Waals surface area contributed by atoms with Gasteiger partial charge >= 0.3 is 0 Å². The highest BCUT2D eigenvalue weighted by Gasteiger charge is 2.44. The van der Waals surface area contributed by atoms with Crippen molar-refractivity contribution in [3.8, 4) is 0 Å². The Kier molecular flexibility index (Phi) is 4.22. The minimum absolute atomic E-state index is 0.0813. The molecule has 1 aliphatic rings. The molecule has 0 amide bonds. The summed E-state index contributed by atoms with van der Waals surface area (Å²) in [6, 6.07) is -0.974. The van der Waals surface area contributed by atoms with E-state index in [2.05, 4.69) is 20.0 Å². The van der Waals surface area contributed by atoms with E-state index in [1.54, 1.807) is 6.20 Å². The molecule has 3 unspecified atom stereocenters. The molecule has 4 atom stereocenters. The van der Waals surface area contributed by atoms with Crippen LogP contribution < -0.4 is 11.5 Å². The smallest absolute Gasteiger partial charge is 0.148 e. The molecule has 126 valence electrons. The van der Waals surface area contributed by atoms with E-state index in [1.165, 1.54) is 10.9 Å². The molecule has 2 aromatic heterocycles. The molecule has 2 aromatic rings. The minimum atomic E-state index is -1.18. The first-order valence-electron chi connectivity index (χ1n) is 6.89. The van der Waals surface area contributed by atoms with Gasteiger partial charge in [-0.05, 0) is 5.53 Å². The second-order valence-electron chi connectivity index (χ2n) is 5.21. The summed E-state index contributed by atoms with van der Waals surface area (Å²) in [6.07, 6.45) is -0.187. The fourth-order valence-electron chi connectivity index (χ4n) is 2.78. The van der Waals surface area contributed by atoms with Crippen molar-refractivity contribution in [1.29, 1.82) is 0 Å². The monoisotopic (exact) mass is 350 g/mol. The first kappa shape index (κ1) is 16.4. The van der Waals surface area contributed by atoms with Gasteiger partial charge in [-0.1, -0.05) is 17.3 Å². The Morgan fingerprint density at radius 1 is 1.54 bits per heavy atom. The molecule has 0 radical (unpaired) electrons. The number of hydrogen-bond donors (Lipinski definition) is 4. The number of rotatable bonds is 4. The maximum atomic E-state index is 10.2. The molecular weight excluding hydrogens is 336 g/mol. The lowest BCUT2D eigenvalue weighted by Crippen LogP contribution is -2.31. The maximum Gasteiger partial charge on any atom is 0.148 e. The van der Waals surface area contributed by atoms with Crippen LogP contribution in [0.4, 0.5) is 5.82 Å². The van der Waals surface area contributed by atoms with Crippen molar-refractivity contribution in [2.45, 2.75) is 24.5 Å². The summed E-state index contributed by atoms with van der Waals surface area (Å²) in [5.74, 6) is 0.180. The van der Waals surface area contributed by atoms with Crippen molar-refractivity contribution >= 4 is 34.1 Å². The van der Waals surface area contributed by atoms with Crippen LogP contribution in [0.25, 0.3) is 21.5 Å². The van der Waals surface area contributed by atoms with Gasteiger partial charge in [-0.3, -0.25) is 0 Å². The molecule has 3 heterocycles. The molecule has 0 aliphatic carbocycles. The third kappa shape index (κ3) is 2.42. The zero-order chi connectivity index (χ0) is 17.4. The van der Waals surface area contributed by atoms with Crippen LogP contribution in [-0.2, 0) is 4.74 Å². The van der Waals surface area contributed by atoms with Crippen molar-refractivity contribution in [3.05, 3.63) is 28.5 Å². The van der Waals surface area contributed by atoms with Crippen LogP contribution in [0.15, 0.2) is 17.6 Å². The Hall–Kier alpha value is -2.50. The van der Waals surface area contributed by atoms with Crippen LogP contribution in [0.1, 0.15) is 11.8 Å². The summed E-state index contributed by atoms with van der Waals surface area (Å²) in [6.45, 7) is -0.437. The fraction of sp³-hybridized carbons (Fsp3) is 0.417. The second-order valence-corrected chi connectivity index (χ2v) is 5.65. The predicted octanol–water partition coefficient (Wildman–Crippen LogP) is -0.423. The van der Waals surface area contributed by atoms with Crippen molar-refractivity contribution in [2.24, 2.45) is 10.8 Å². The minimum Gasteiger partial charge on any atom is -0.394 e. The van der Waals surface area contributed by atoms with Gasteiger partial charge in [0.2, 0.25) is 0 Å². The zero-order valence-electron chi connectivity index (χ0n) is 12.2. The fourth-order valence-corrected chi connectivity index (χ4v) is 2.94. The third-order valence-electron chi connectivity index (χ3n) is 3.88. The van der Waals surface area contributed by atoms with Crippen LogP contribution >= 0.6 is 12.2 Å². The number of nitrogen functional groups attached to an aromatic ring is 1. The molecule has 3 rings (SSSR count). The lowest BCUT2D eigenvalue weighted by Gasteiger charge is -2.17. The topological polar surface area (TPSA) is 181 Å². The molecule has 24 heavy (non-hydrogen) atoms. The van der Waals surface area contributed by atoms with Crippen molar-refractivity contribution < 1.29 is 14.9 Å². The van der Waals surface area contributed by atoms with Gasteiger partial charge in [-0.15, -0.1) is 0 Å². The number of nitrogens with zero attached hydrogens (tertiary/aromatic N) is 6. The molecule has 0 bridgehead atoms. The average Bonchev–Trinajstić information content (AvgIpc) is 3.08. The molecule has 0 spiro atoms. The lowest BCUT2D eigenvalue weighted by atomic mass is 10.1. The van der Waals surface area contributed by atoms with Gasteiger partial charge in [0, 0.05) is 16.7 Å². The third-order valence-corrected chi connectivity index (χ3v) is 4.10. The summed E-state index contributed by atoms with van der Waals surface area (Å²) in [7, 11) is 0. The number of nitrogens with two attached hydrogens (primary N) is 2. The number of aliphatic hydroxyl groups excluding tert-OH is 2. The van der Waals surface area contributed by atoms with E-state index in [1.807, 2.05) is 0 Å². The van der Waals surface area contributed by atoms with E-state index >= 15 is 0 Å². The highest BCUT2D eigenvalue weighted by molar-refractivity contribution is 7.80. The highest BCUT2D eigenvalue weighted by atomic mass is 32.1. The molecule has 0 aromatic carbocycles. The summed E-state index contributed by atoms with van der Waals surface area (Å²) < 4.78 is 7.14. The van der Waals surface area contributed by atoms with Gasteiger partial charge in [0.05, 0.1) is 18.1 Å². The summed E-state index contributed by atoms with van der Waals surface area (Å²) in [5.41, 5.74) is 21.2. The van der Waals surface area contributed by atoms with Crippen LogP contribution in [0.2, 0.25) is 0 Å². The molecule has 11 nitrogen and oxygen atoms in total. The van der Waals surface area contributed by atoms with Gasteiger partial charge in [0.15, 0.2) is 0 Å². The van der Waals surface area contributed by atoms with E-state index in [9.17, 15) is 10.2 Å². The number of aliphatic hydroxyl groups is 2. The Bertz CT molecular complexity index is 848. The SMILES string of the molecule is [N-]=[N+]=N[C@H]1C(O)C(CO)OC1n1cc(C(N)=S)c2c(N)ncnc21. The van der Waals surface area contributed by atoms with E-state index in [-0.39, 0.29) is 10.8 Å². The molecule has 1 fully saturated rings. The quantitative estimate of drug-likeness (QED) is 0.248. The molecular formula is C12H14N8O3S. The number of hydrogen-bond acceptors (Lipinski definition) is 8. The average molecular weight is 350 g/mol. The number of fused-ring (bicyclic) bond motifs is 1. The number of azide groups is 1. The van der Waals surface area contributed by atoms with Crippen molar-refractivity contribution in [2.75, 3.05) is 12.3 Å². The Morgan fingerprint density at radius 2 is 2.29 bits per heavy atom. The van der Waals surface area contributed by atoms with Crippen LogP contribution in [-0.4, -0.2) is 54.6 Å². The standard InChI is InChI=1S/C12H14N8O3S/c13-9-6-4(10(14)24)1-20(11(6)17-3-16-9)12-7(18-19-15)8(22)5(2-21)23-12/h1,3,5,7-8,12,21-22H,2H2,(H2,14,24)(H2,13,16,17)/t5?,7-,8?,12?/m0/s1. The van der Waals surface area contributed by atoms with Crippen molar-refractivity contribution in [3.63, 3.8) is 0 Å². The van der Waals surface area contributed by atoms with E-state index in [0.29, 0.717) is 16.6 Å². The van der Waals surface area contributed by atoms with Gasteiger partial charge < -0.3 is 31.0 Å². The molecule has 1 saturated heterocycles. The largest absolute Gasteiger partial charge is 0.394 e. The number of thiocarbonyl (C=S) groups is 1. The van der Waals surface area contributed by atoms with Crippen LogP contribution in [0.3, 0.4) is 0 Å².